The molecule has 1 rings (SSSR count). The summed E-state index contributed by atoms with van der Waals surface area (Å²) in [4.78, 5) is 0. The van der Waals surface area contributed by atoms with Crippen LogP contribution in [-0.4, -0.2) is 24.4 Å². The van der Waals surface area contributed by atoms with Crippen molar-refractivity contribution in [2.45, 2.75) is 12.5 Å². The second-order valence-electron chi connectivity index (χ2n) is 2.12. The van der Waals surface area contributed by atoms with E-state index < -0.39 is 7.07 Å². The van der Waals surface area contributed by atoms with Crippen LogP contribution in [-0.2, 0) is 16.3 Å². The summed E-state index contributed by atoms with van der Waals surface area (Å²) >= 11 is 5.03. The first-order valence-corrected chi connectivity index (χ1v) is 5.27. The quantitative estimate of drug-likeness (QED) is 0.403. The molecule has 0 aliphatic carbocycles. The largest absolute Gasteiger partial charge is 0.443 e. The zero-order chi connectivity index (χ0) is 7.56. The predicted molar refractivity (Wildman–Crippen MR) is 45.2 cm³/mol. The van der Waals surface area contributed by atoms with Gasteiger partial charge in [0, 0.05) is 13.5 Å². The van der Waals surface area contributed by atoms with Gasteiger partial charge in [0.05, 0.1) is 0 Å². The Morgan fingerprint density at radius 1 is 1.90 bits per heavy atom. The topological polar surface area (TPSA) is 12.5 Å². The Labute approximate surface area is 67.1 Å². The second kappa shape index (κ2) is 3.41. The third-order valence-corrected chi connectivity index (χ3v) is 3.78. The van der Waals surface area contributed by atoms with E-state index in [1.807, 2.05) is 11.7 Å². The van der Waals surface area contributed by atoms with Crippen LogP contribution in [0, 0.1) is 12.3 Å². The minimum atomic E-state index is -0.824. The van der Waals surface area contributed by atoms with Gasteiger partial charge < -0.3 is 0 Å². The van der Waals surface area contributed by atoms with Gasteiger partial charge in [0.25, 0.3) is 0 Å². The average Bonchev–Trinajstić information content (AvgIpc) is 1.95. The molecule has 10 heavy (non-hydrogen) atoms. The Morgan fingerprint density at radius 3 is 3.10 bits per heavy atom. The van der Waals surface area contributed by atoms with E-state index in [1.54, 1.807) is 0 Å². The summed E-state index contributed by atoms with van der Waals surface area (Å²) in [6.45, 7) is 0.717. The van der Waals surface area contributed by atoms with Gasteiger partial charge in [-0.25, -0.2) is 0 Å². The van der Waals surface area contributed by atoms with Crippen molar-refractivity contribution in [2.75, 3.05) is 13.7 Å². The summed E-state index contributed by atoms with van der Waals surface area (Å²) < 4.78 is 7.18. The van der Waals surface area contributed by atoms with E-state index in [9.17, 15) is 0 Å². The summed E-state index contributed by atoms with van der Waals surface area (Å²) in [7, 11) is 1.10. The van der Waals surface area contributed by atoms with Crippen molar-refractivity contribution in [2.24, 2.45) is 0 Å². The van der Waals surface area contributed by atoms with Crippen LogP contribution in [0.3, 0.4) is 0 Å². The lowest BCUT2D eigenvalue weighted by atomic mass is 10.2. The minimum Gasteiger partial charge on any atom is -0.152 e. The molecule has 0 bridgehead atoms. The Hall–Kier alpha value is 0.00000000000000000694. The van der Waals surface area contributed by atoms with Crippen molar-refractivity contribution in [3.63, 3.8) is 0 Å². The highest BCUT2D eigenvalue weighted by molar-refractivity contribution is 8.01. The Morgan fingerprint density at radius 2 is 2.60 bits per heavy atom. The van der Waals surface area contributed by atoms with Gasteiger partial charge in [-0.3, -0.25) is 0 Å². The zero-order valence-electron chi connectivity index (χ0n) is 5.78. The number of hydrogen-bond acceptors (Lipinski definition) is 2. The van der Waals surface area contributed by atoms with Crippen LogP contribution in [0.4, 0.5) is 0 Å². The molecular weight excluding hydrogens is 165 g/mol. The highest BCUT2D eigenvalue weighted by Gasteiger charge is 2.32. The van der Waals surface area contributed by atoms with Gasteiger partial charge in [0.1, 0.15) is 12.6 Å². The summed E-state index contributed by atoms with van der Waals surface area (Å²) in [6.07, 6.45) is 6.18. The van der Waals surface area contributed by atoms with Gasteiger partial charge in [-0.05, 0) is 0 Å². The van der Waals surface area contributed by atoms with Crippen LogP contribution in [0.1, 0.15) is 6.42 Å². The number of rotatable bonds is 0. The van der Waals surface area contributed by atoms with E-state index in [0.29, 0.717) is 6.61 Å². The number of hydrogen-bond donors (Lipinski definition) is 0. The second-order valence-corrected chi connectivity index (χ2v) is 4.42. The first kappa shape index (κ1) is 8.10. The lowest BCUT2D eigenvalue weighted by Gasteiger charge is -2.17. The highest BCUT2D eigenvalue weighted by atomic mass is 32.4. The molecule has 0 aromatic carbocycles. The molecule has 0 radical (unpaired) electrons. The molecule has 0 aromatic heterocycles. The molecule has 0 aromatic rings. The SMILES string of the molecule is C#CC1CCO[P+](=S)N1C. The van der Waals surface area contributed by atoms with Crippen LogP contribution >= 0.6 is 7.07 Å². The van der Waals surface area contributed by atoms with Crippen molar-refractivity contribution >= 4 is 18.9 Å². The minimum absolute atomic E-state index is 0.192. The fourth-order valence-corrected chi connectivity index (χ4v) is 2.24. The zero-order valence-corrected chi connectivity index (χ0v) is 7.49. The Kier molecular flexibility index (Phi) is 2.76. The summed E-state index contributed by atoms with van der Waals surface area (Å²) in [5.41, 5.74) is 0. The molecule has 1 aliphatic rings. The molecule has 0 saturated carbocycles. The molecule has 1 fully saturated rings. The highest BCUT2D eigenvalue weighted by Crippen LogP contribution is 2.34. The van der Waals surface area contributed by atoms with Crippen molar-refractivity contribution in [1.82, 2.24) is 4.67 Å². The fourth-order valence-electron chi connectivity index (χ4n) is 0.825. The van der Waals surface area contributed by atoms with E-state index in [-0.39, 0.29) is 6.04 Å². The van der Waals surface area contributed by atoms with Gasteiger partial charge in [-0.2, -0.15) is 4.52 Å². The molecule has 0 N–H and O–H groups in total. The molecule has 1 aliphatic heterocycles. The maximum atomic E-state index is 5.27. The van der Waals surface area contributed by atoms with Crippen LogP contribution in [0.25, 0.3) is 0 Å². The van der Waals surface area contributed by atoms with Crippen LogP contribution < -0.4 is 0 Å². The molecule has 0 spiro atoms. The van der Waals surface area contributed by atoms with Gasteiger partial charge >= 0.3 is 7.07 Å². The van der Waals surface area contributed by atoms with Gasteiger partial charge in [-0.15, -0.1) is 6.42 Å². The fraction of sp³-hybridized carbons (Fsp3) is 0.667. The molecule has 2 atom stereocenters. The van der Waals surface area contributed by atoms with E-state index in [2.05, 4.69) is 5.92 Å². The van der Waals surface area contributed by atoms with E-state index >= 15 is 0 Å². The van der Waals surface area contributed by atoms with Gasteiger partial charge in [-0.1, -0.05) is 10.6 Å². The standard InChI is InChI=1S/C6H9NOPS/c1-3-6-4-5-8-9(10)7(6)2/h1,6H,4-5H2,2H3/q+1. The predicted octanol–water partition coefficient (Wildman–Crippen LogP) is 1.11. The summed E-state index contributed by atoms with van der Waals surface area (Å²) in [5, 5.41) is 0. The van der Waals surface area contributed by atoms with Gasteiger partial charge in [0.15, 0.2) is 0 Å². The molecular formula is C6H9NOPS+. The van der Waals surface area contributed by atoms with Crippen molar-refractivity contribution < 1.29 is 4.52 Å². The third kappa shape index (κ3) is 1.53. The Balaban J connectivity index is 2.61. The van der Waals surface area contributed by atoms with Crippen LogP contribution in [0.2, 0.25) is 0 Å². The van der Waals surface area contributed by atoms with Gasteiger partial charge in [0.2, 0.25) is 11.8 Å². The smallest absolute Gasteiger partial charge is 0.152 e. The lowest BCUT2D eigenvalue weighted by Crippen LogP contribution is -2.29. The van der Waals surface area contributed by atoms with Crippen molar-refractivity contribution in [3.05, 3.63) is 0 Å². The molecule has 2 unspecified atom stereocenters. The van der Waals surface area contributed by atoms with E-state index in [0.717, 1.165) is 6.42 Å². The van der Waals surface area contributed by atoms with Crippen LogP contribution in [0.5, 0.6) is 0 Å². The van der Waals surface area contributed by atoms with Crippen LogP contribution in [0.15, 0.2) is 0 Å². The maximum absolute atomic E-state index is 5.27. The lowest BCUT2D eigenvalue weighted by molar-refractivity contribution is 0.246. The number of nitrogens with zero attached hydrogens (tertiary/aromatic N) is 1. The molecule has 4 heteroatoms. The first-order valence-electron chi connectivity index (χ1n) is 3.04. The monoisotopic (exact) mass is 174 g/mol. The van der Waals surface area contributed by atoms with Crippen molar-refractivity contribution in [1.29, 1.82) is 0 Å². The Bertz CT molecular complexity index is 189. The molecule has 0 amide bonds. The molecule has 1 saturated heterocycles. The summed E-state index contributed by atoms with van der Waals surface area (Å²) in [5.74, 6) is 2.68. The molecule has 2 nitrogen and oxygen atoms in total. The first-order chi connectivity index (χ1) is 4.75. The maximum Gasteiger partial charge on any atom is 0.443 e. The van der Waals surface area contributed by atoms with E-state index in [4.69, 9.17) is 22.8 Å². The summed E-state index contributed by atoms with van der Waals surface area (Å²) in [6, 6.07) is 0.192. The normalized spacial score (nSPS) is 31.6. The third-order valence-electron chi connectivity index (χ3n) is 1.49. The number of terminal acetylenes is 1. The molecule has 1 heterocycles. The van der Waals surface area contributed by atoms with Crippen molar-refractivity contribution in [3.8, 4) is 12.3 Å². The average molecular weight is 174 g/mol. The molecule has 54 valence electrons. The van der Waals surface area contributed by atoms with E-state index in [1.165, 1.54) is 0 Å².